The first-order valence-electron chi connectivity index (χ1n) is 5.26. The first kappa shape index (κ1) is 14.6. The van der Waals surface area contributed by atoms with Crippen LogP contribution in [-0.2, 0) is 15.6 Å². The van der Waals surface area contributed by atoms with Crippen LogP contribution in [0.2, 0.25) is 0 Å². The maximum absolute atomic E-state index is 11.4. The molecule has 2 unspecified atom stereocenters. The minimum Gasteiger partial charge on any atom is -0.355 e. The fourth-order valence-corrected chi connectivity index (χ4v) is 1.78. The van der Waals surface area contributed by atoms with Gasteiger partial charge in [0, 0.05) is 29.4 Å². The van der Waals surface area contributed by atoms with Gasteiger partial charge < -0.3 is 11.1 Å². The van der Waals surface area contributed by atoms with Gasteiger partial charge in [0.25, 0.3) is 0 Å². The summed E-state index contributed by atoms with van der Waals surface area (Å²) in [6, 6.07) is -0.419. The van der Waals surface area contributed by atoms with Crippen molar-refractivity contribution in [1.82, 2.24) is 5.32 Å². The van der Waals surface area contributed by atoms with E-state index < -0.39 is 16.8 Å². The van der Waals surface area contributed by atoms with Crippen molar-refractivity contribution in [1.29, 1.82) is 0 Å². The van der Waals surface area contributed by atoms with E-state index in [1.54, 1.807) is 6.26 Å². The standard InChI is InChI=1S/C10H22N2O2S/c1-8(2)7-9(11)10(13)12-5-4-6-15(3)14/h8-9H,4-7,11H2,1-3H3,(H,12,13). The van der Waals surface area contributed by atoms with Gasteiger partial charge in [0.05, 0.1) is 6.04 Å². The lowest BCUT2D eigenvalue weighted by atomic mass is 10.0. The monoisotopic (exact) mass is 234 g/mol. The van der Waals surface area contributed by atoms with E-state index in [1.807, 2.05) is 13.8 Å². The second kappa shape index (κ2) is 7.82. The van der Waals surface area contributed by atoms with Gasteiger partial charge in [-0.1, -0.05) is 13.8 Å². The molecule has 0 aromatic carbocycles. The third kappa shape index (κ3) is 8.57. The third-order valence-electron chi connectivity index (χ3n) is 1.97. The largest absolute Gasteiger partial charge is 0.355 e. The summed E-state index contributed by atoms with van der Waals surface area (Å²) < 4.78 is 10.7. The highest BCUT2D eigenvalue weighted by molar-refractivity contribution is 7.84. The molecule has 0 radical (unpaired) electrons. The van der Waals surface area contributed by atoms with Crippen molar-refractivity contribution in [3.05, 3.63) is 0 Å². The quantitative estimate of drug-likeness (QED) is 0.620. The molecule has 0 fully saturated rings. The fraction of sp³-hybridized carbons (Fsp3) is 0.900. The minimum absolute atomic E-state index is 0.106. The Morgan fingerprint density at radius 3 is 2.53 bits per heavy atom. The molecule has 4 nitrogen and oxygen atoms in total. The summed E-state index contributed by atoms with van der Waals surface area (Å²) in [7, 11) is -0.783. The zero-order valence-electron chi connectivity index (χ0n) is 9.79. The van der Waals surface area contributed by atoms with Crippen molar-refractivity contribution < 1.29 is 9.00 Å². The highest BCUT2D eigenvalue weighted by atomic mass is 32.2. The van der Waals surface area contributed by atoms with Crippen molar-refractivity contribution in [2.24, 2.45) is 11.7 Å². The lowest BCUT2D eigenvalue weighted by Crippen LogP contribution is -2.41. The van der Waals surface area contributed by atoms with Crippen molar-refractivity contribution >= 4 is 16.7 Å². The number of hydrogen-bond acceptors (Lipinski definition) is 3. The Kier molecular flexibility index (Phi) is 7.60. The van der Waals surface area contributed by atoms with Crippen LogP contribution in [0.1, 0.15) is 26.7 Å². The summed E-state index contributed by atoms with van der Waals surface area (Å²) in [5.74, 6) is 0.944. The molecule has 0 bridgehead atoms. The molecule has 5 heteroatoms. The predicted octanol–water partition coefficient (Wildman–Crippen LogP) is 0.245. The van der Waals surface area contributed by atoms with Crippen molar-refractivity contribution in [2.45, 2.75) is 32.7 Å². The molecule has 1 amide bonds. The first-order chi connectivity index (χ1) is 6.93. The van der Waals surface area contributed by atoms with Crippen LogP contribution in [-0.4, -0.2) is 34.7 Å². The maximum atomic E-state index is 11.4. The zero-order valence-corrected chi connectivity index (χ0v) is 10.6. The van der Waals surface area contributed by atoms with E-state index >= 15 is 0 Å². The molecule has 0 saturated heterocycles. The Labute approximate surface area is 94.4 Å². The zero-order chi connectivity index (χ0) is 11.8. The van der Waals surface area contributed by atoms with Gasteiger partial charge in [-0.2, -0.15) is 0 Å². The molecular weight excluding hydrogens is 212 g/mol. The van der Waals surface area contributed by atoms with Gasteiger partial charge in [-0.15, -0.1) is 0 Å². The summed E-state index contributed by atoms with van der Waals surface area (Å²) in [6.45, 7) is 4.63. The lowest BCUT2D eigenvalue weighted by molar-refractivity contribution is -0.122. The molecule has 0 aliphatic rings. The van der Waals surface area contributed by atoms with Gasteiger partial charge in [0.15, 0.2) is 0 Å². The van der Waals surface area contributed by atoms with Crippen LogP contribution in [0.5, 0.6) is 0 Å². The Bertz CT molecular complexity index is 219. The average Bonchev–Trinajstić information content (AvgIpc) is 2.10. The van der Waals surface area contributed by atoms with E-state index in [0.29, 0.717) is 24.6 Å². The lowest BCUT2D eigenvalue weighted by Gasteiger charge is -2.13. The van der Waals surface area contributed by atoms with Gasteiger partial charge in [-0.3, -0.25) is 9.00 Å². The number of nitrogens with two attached hydrogens (primary N) is 1. The van der Waals surface area contributed by atoms with E-state index in [0.717, 1.165) is 6.42 Å². The van der Waals surface area contributed by atoms with E-state index in [9.17, 15) is 9.00 Å². The fourth-order valence-electron chi connectivity index (χ4n) is 1.23. The summed E-state index contributed by atoms with van der Waals surface area (Å²) >= 11 is 0. The summed E-state index contributed by atoms with van der Waals surface area (Å²) in [5.41, 5.74) is 5.69. The number of amides is 1. The van der Waals surface area contributed by atoms with Crippen LogP contribution in [0.4, 0.5) is 0 Å². The Morgan fingerprint density at radius 1 is 1.47 bits per heavy atom. The van der Waals surface area contributed by atoms with Gasteiger partial charge in [-0.25, -0.2) is 0 Å². The van der Waals surface area contributed by atoms with E-state index in [4.69, 9.17) is 5.73 Å². The molecule has 0 aromatic heterocycles. The second-order valence-corrected chi connectivity index (χ2v) is 5.71. The number of carbonyl (C=O) groups excluding carboxylic acids is 1. The summed E-state index contributed by atoms with van der Waals surface area (Å²) in [6.07, 6.45) is 3.10. The molecule has 15 heavy (non-hydrogen) atoms. The van der Waals surface area contributed by atoms with Gasteiger partial charge in [0.2, 0.25) is 5.91 Å². The van der Waals surface area contributed by atoms with E-state index in [2.05, 4.69) is 5.32 Å². The summed E-state index contributed by atoms with van der Waals surface area (Å²) in [5, 5.41) is 2.74. The number of carbonyl (C=O) groups is 1. The molecule has 90 valence electrons. The second-order valence-electron chi connectivity index (χ2n) is 4.16. The molecule has 0 saturated carbocycles. The molecule has 0 rings (SSSR count). The van der Waals surface area contributed by atoms with E-state index in [1.165, 1.54) is 0 Å². The van der Waals surface area contributed by atoms with Crippen LogP contribution in [0.3, 0.4) is 0 Å². The van der Waals surface area contributed by atoms with Gasteiger partial charge in [0.1, 0.15) is 0 Å². The van der Waals surface area contributed by atoms with Gasteiger partial charge in [-0.05, 0) is 18.8 Å². The number of rotatable bonds is 7. The smallest absolute Gasteiger partial charge is 0.236 e. The maximum Gasteiger partial charge on any atom is 0.236 e. The Morgan fingerprint density at radius 2 is 2.07 bits per heavy atom. The molecule has 0 spiro atoms. The Hall–Kier alpha value is -0.420. The average molecular weight is 234 g/mol. The Balaban J connectivity index is 3.60. The SMILES string of the molecule is CC(C)CC(N)C(=O)NCCCS(C)=O. The van der Waals surface area contributed by atoms with Crippen LogP contribution in [0.15, 0.2) is 0 Å². The van der Waals surface area contributed by atoms with Gasteiger partial charge >= 0.3 is 0 Å². The molecule has 0 aromatic rings. The molecule has 0 aliphatic carbocycles. The third-order valence-corrected chi connectivity index (χ3v) is 2.83. The molecule has 3 N–H and O–H groups in total. The normalized spacial score (nSPS) is 15.0. The highest BCUT2D eigenvalue weighted by Gasteiger charge is 2.13. The van der Waals surface area contributed by atoms with Crippen molar-refractivity contribution in [2.75, 3.05) is 18.6 Å². The number of hydrogen-bond donors (Lipinski definition) is 2. The highest BCUT2D eigenvalue weighted by Crippen LogP contribution is 2.02. The van der Waals surface area contributed by atoms with Crippen LogP contribution in [0.25, 0.3) is 0 Å². The molecule has 0 heterocycles. The predicted molar refractivity (Wildman–Crippen MR) is 64.0 cm³/mol. The van der Waals surface area contributed by atoms with E-state index in [-0.39, 0.29) is 5.91 Å². The topological polar surface area (TPSA) is 72.2 Å². The molecule has 2 atom stereocenters. The number of nitrogens with one attached hydrogen (secondary N) is 1. The molecule has 0 aliphatic heterocycles. The van der Waals surface area contributed by atoms with Crippen LogP contribution in [0, 0.1) is 5.92 Å². The first-order valence-corrected chi connectivity index (χ1v) is 6.99. The van der Waals surface area contributed by atoms with Crippen molar-refractivity contribution in [3.8, 4) is 0 Å². The van der Waals surface area contributed by atoms with Crippen LogP contribution < -0.4 is 11.1 Å². The minimum atomic E-state index is -0.783. The summed E-state index contributed by atoms with van der Waals surface area (Å²) in [4.78, 5) is 11.4. The van der Waals surface area contributed by atoms with Crippen molar-refractivity contribution in [3.63, 3.8) is 0 Å². The molecular formula is C10H22N2O2S. The van der Waals surface area contributed by atoms with Crippen LogP contribution >= 0.6 is 0 Å².